The van der Waals surface area contributed by atoms with E-state index in [0.717, 1.165) is 11.1 Å². The molecule has 78 valence electrons. The summed E-state index contributed by atoms with van der Waals surface area (Å²) in [5, 5.41) is 2.25. The topological polar surface area (TPSA) is 55.2 Å². The lowest BCUT2D eigenvalue weighted by atomic mass is 10.1. The van der Waals surface area contributed by atoms with Gasteiger partial charge >= 0.3 is 0 Å². The van der Waals surface area contributed by atoms with Crippen molar-refractivity contribution in [1.29, 1.82) is 0 Å². The number of H-pyrrole nitrogens is 1. The predicted octanol–water partition coefficient (Wildman–Crippen LogP) is 1.95. The maximum atomic E-state index is 10.9. The van der Waals surface area contributed by atoms with E-state index in [1.165, 1.54) is 6.07 Å². The Morgan fingerprint density at radius 1 is 1.33 bits per heavy atom. The fraction of sp³-hybridized carbons (Fsp3) is 0.182. The van der Waals surface area contributed by atoms with E-state index in [2.05, 4.69) is 5.16 Å². The first-order chi connectivity index (χ1) is 7.20. The van der Waals surface area contributed by atoms with E-state index in [4.69, 9.17) is 9.26 Å². The van der Waals surface area contributed by atoms with E-state index in [9.17, 15) is 4.79 Å². The quantitative estimate of drug-likeness (QED) is 0.815. The molecule has 2 aromatic rings. The highest BCUT2D eigenvalue weighted by Crippen LogP contribution is 2.29. The molecule has 0 spiro atoms. The summed E-state index contributed by atoms with van der Waals surface area (Å²) in [6.07, 6.45) is 0. The lowest BCUT2D eigenvalue weighted by Crippen LogP contribution is -1.92. The Hall–Kier alpha value is -1.97. The first-order valence-electron chi connectivity index (χ1n) is 4.54. The Balaban J connectivity index is 2.57. The van der Waals surface area contributed by atoms with Gasteiger partial charge < -0.3 is 9.26 Å². The van der Waals surface area contributed by atoms with Crippen LogP contribution in [0.25, 0.3) is 11.3 Å². The second-order valence-corrected chi connectivity index (χ2v) is 3.28. The number of methoxy groups -OCH3 is 1. The molecular weight excluding hydrogens is 194 g/mol. The van der Waals surface area contributed by atoms with Crippen molar-refractivity contribution in [3.8, 4) is 17.1 Å². The Kier molecular flexibility index (Phi) is 2.33. The molecule has 0 saturated heterocycles. The fourth-order valence-electron chi connectivity index (χ4n) is 1.42. The maximum Gasteiger partial charge on any atom is 0.280 e. The predicted molar refractivity (Wildman–Crippen MR) is 56.1 cm³/mol. The van der Waals surface area contributed by atoms with Crippen LogP contribution in [0, 0.1) is 6.92 Å². The van der Waals surface area contributed by atoms with Crippen LogP contribution >= 0.6 is 0 Å². The van der Waals surface area contributed by atoms with Crippen LogP contribution in [-0.2, 0) is 0 Å². The van der Waals surface area contributed by atoms with E-state index in [-0.39, 0.29) is 5.56 Å². The lowest BCUT2D eigenvalue weighted by Gasteiger charge is -2.05. The highest BCUT2D eigenvalue weighted by molar-refractivity contribution is 5.65. The summed E-state index contributed by atoms with van der Waals surface area (Å²) >= 11 is 0. The SMILES string of the molecule is COc1cc(C)ccc1-c1cc(=O)[nH]o1. The first-order valence-corrected chi connectivity index (χ1v) is 4.54. The summed E-state index contributed by atoms with van der Waals surface area (Å²) in [5.74, 6) is 1.18. The molecule has 4 nitrogen and oxygen atoms in total. The molecule has 1 heterocycles. The number of rotatable bonds is 2. The van der Waals surface area contributed by atoms with E-state index in [1.54, 1.807) is 7.11 Å². The van der Waals surface area contributed by atoms with Crippen LogP contribution in [0.3, 0.4) is 0 Å². The zero-order valence-electron chi connectivity index (χ0n) is 8.53. The van der Waals surface area contributed by atoms with Gasteiger partial charge in [0.05, 0.1) is 18.7 Å². The second kappa shape index (κ2) is 3.65. The van der Waals surface area contributed by atoms with Gasteiger partial charge in [0.2, 0.25) is 0 Å². The number of aromatic nitrogens is 1. The normalized spacial score (nSPS) is 10.3. The Morgan fingerprint density at radius 2 is 2.13 bits per heavy atom. The third kappa shape index (κ3) is 1.79. The van der Waals surface area contributed by atoms with E-state index < -0.39 is 0 Å². The van der Waals surface area contributed by atoms with Gasteiger partial charge in [0.15, 0.2) is 5.76 Å². The molecule has 1 N–H and O–H groups in total. The van der Waals surface area contributed by atoms with Gasteiger partial charge in [-0.3, -0.25) is 4.79 Å². The minimum Gasteiger partial charge on any atom is -0.496 e. The summed E-state index contributed by atoms with van der Waals surface area (Å²) < 4.78 is 10.2. The summed E-state index contributed by atoms with van der Waals surface area (Å²) in [5.41, 5.74) is 1.60. The largest absolute Gasteiger partial charge is 0.496 e. The monoisotopic (exact) mass is 205 g/mol. The number of aryl methyl sites for hydroxylation is 1. The zero-order valence-corrected chi connectivity index (χ0v) is 8.53. The Bertz CT molecular complexity index is 525. The van der Waals surface area contributed by atoms with Gasteiger partial charge in [-0.2, -0.15) is 5.16 Å². The molecule has 0 unspecified atom stereocenters. The minimum absolute atomic E-state index is 0.257. The summed E-state index contributed by atoms with van der Waals surface area (Å²) in [4.78, 5) is 10.9. The number of aromatic amines is 1. The summed E-state index contributed by atoms with van der Waals surface area (Å²) in [7, 11) is 1.59. The van der Waals surface area contributed by atoms with Gasteiger partial charge in [-0.1, -0.05) is 6.07 Å². The van der Waals surface area contributed by atoms with Gasteiger partial charge in [0.25, 0.3) is 5.56 Å². The molecule has 0 saturated carbocycles. The molecular formula is C11H11NO3. The third-order valence-corrected chi connectivity index (χ3v) is 2.15. The molecule has 0 radical (unpaired) electrons. The number of hydrogen-bond donors (Lipinski definition) is 1. The van der Waals surface area contributed by atoms with Crippen LogP contribution in [0.15, 0.2) is 33.6 Å². The van der Waals surface area contributed by atoms with Crippen molar-refractivity contribution in [3.63, 3.8) is 0 Å². The van der Waals surface area contributed by atoms with Crippen LogP contribution in [0.1, 0.15) is 5.56 Å². The second-order valence-electron chi connectivity index (χ2n) is 3.28. The molecule has 0 bridgehead atoms. The molecule has 0 aliphatic carbocycles. The Morgan fingerprint density at radius 3 is 2.73 bits per heavy atom. The maximum absolute atomic E-state index is 10.9. The fourth-order valence-corrected chi connectivity index (χ4v) is 1.42. The molecule has 4 heteroatoms. The zero-order chi connectivity index (χ0) is 10.8. The van der Waals surface area contributed by atoms with Crippen molar-refractivity contribution in [3.05, 3.63) is 40.2 Å². The van der Waals surface area contributed by atoms with Gasteiger partial charge in [0.1, 0.15) is 5.75 Å². The summed E-state index contributed by atoms with van der Waals surface area (Å²) in [6, 6.07) is 7.08. The molecule has 1 aromatic carbocycles. The van der Waals surface area contributed by atoms with E-state index in [0.29, 0.717) is 11.5 Å². The molecule has 1 aromatic heterocycles. The molecule has 0 aliphatic rings. The van der Waals surface area contributed by atoms with Crippen molar-refractivity contribution < 1.29 is 9.26 Å². The average Bonchev–Trinajstić information content (AvgIpc) is 2.64. The molecule has 15 heavy (non-hydrogen) atoms. The van der Waals surface area contributed by atoms with Crippen LogP contribution in [-0.4, -0.2) is 12.3 Å². The van der Waals surface area contributed by atoms with Gasteiger partial charge in [-0.05, 0) is 24.6 Å². The lowest BCUT2D eigenvalue weighted by molar-refractivity contribution is 0.404. The van der Waals surface area contributed by atoms with Crippen LogP contribution in [0.5, 0.6) is 5.75 Å². The number of nitrogens with one attached hydrogen (secondary N) is 1. The highest BCUT2D eigenvalue weighted by atomic mass is 16.5. The molecule has 0 amide bonds. The standard InChI is InChI=1S/C11H11NO3/c1-7-3-4-8(9(5-7)14-2)10-6-11(13)12-15-10/h3-6H,1-2H3,(H,12,13). The third-order valence-electron chi connectivity index (χ3n) is 2.15. The number of benzene rings is 1. The van der Waals surface area contributed by atoms with Crippen LogP contribution in [0.4, 0.5) is 0 Å². The molecule has 2 rings (SSSR count). The van der Waals surface area contributed by atoms with Gasteiger partial charge in [-0.15, -0.1) is 0 Å². The van der Waals surface area contributed by atoms with E-state index >= 15 is 0 Å². The van der Waals surface area contributed by atoms with E-state index in [1.807, 2.05) is 25.1 Å². The molecule has 0 fully saturated rings. The van der Waals surface area contributed by atoms with Crippen molar-refractivity contribution in [2.75, 3.05) is 7.11 Å². The smallest absolute Gasteiger partial charge is 0.280 e. The van der Waals surface area contributed by atoms with Crippen molar-refractivity contribution in [1.82, 2.24) is 5.16 Å². The van der Waals surface area contributed by atoms with Crippen molar-refractivity contribution >= 4 is 0 Å². The average molecular weight is 205 g/mol. The summed E-state index contributed by atoms with van der Waals surface area (Å²) in [6.45, 7) is 1.97. The minimum atomic E-state index is -0.257. The van der Waals surface area contributed by atoms with Crippen molar-refractivity contribution in [2.24, 2.45) is 0 Å². The number of ether oxygens (including phenoxy) is 1. The Labute approximate surface area is 86.5 Å². The number of hydrogen-bond acceptors (Lipinski definition) is 3. The highest BCUT2D eigenvalue weighted by Gasteiger charge is 2.09. The van der Waals surface area contributed by atoms with Crippen LogP contribution < -0.4 is 10.3 Å². The first kappa shape index (κ1) is 9.58. The van der Waals surface area contributed by atoms with Crippen molar-refractivity contribution in [2.45, 2.75) is 6.92 Å². The van der Waals surface area contributed by atoms with Gasteiger partial charge in [0, 0.05) is 0 Å². The van der Waals surface area contributed by atoms with Gasteiger partial charge in [-0.25, -0.2) is 0 Å². The molecule has 0 atom stereocenters. The van der Waals surface area contributed by atoms with Crippen LogP contribution in [0.2, 0.25) is 0 Å². The molecule has 0 aliphatic heterocycles.